The van der Waals surface area contributed by atoms with Crippen molar-refractivity contribution in [3.63, 3.8) is 0 Å². The lowest BCUT2D eigenvalue weighted by atomic mass is 9.98. The molecule has 1 aliphatic heterocycles. The van der Waals surface area contributed by atoms with Crippen LogP contribution in [0.15, 0.2) is 22.7 Å². The van der Waals surface area contributed by atoms with E-state index in [4.69, 9.17) is 10.5 Å². The summed E-state index contributed by atoms with van der Waals surface area (Å²) in [5.74, 6) is 0.0550. The van der Waals surface area contributed by atoms with Crippen molar-refractivity contribution in [1.29, 1.82) is 0 Å². The Kier molecular flexibility index (Phi) is 5.18. The first-order chi connectivity index (χ1) is 9.55. The van der Waals surface area contributed by atoms with Crippen LogP contribution in [0, 0.1) is 6.92 Å². The highest BCUT2D eigenvalue weighted by molar-refractivity contribution is 9.10. The third-order valence-electron chi connectivity index (χ3n) is 3.82. The molecule has 1 aliphatic rings. The summed E-state index contributed by atoms with van der Waals surface area (Å²) in [6.07, 6.45) is 1.88. The van der Waals surface area contributed by atoms with E-state index in [2.05, 4.69) is 15.9 Å². The Balaban J connectivity index is 2.19. The van der Waals surface area contributed by atoms with E-state index in [1.807, 2.05) is 30.0 Å². The predicted octanol–water partition coefficient (Wildman–Crippen LogP) is 2.34. The summed E-state index contributed by atoms with van der Waals surface area (Å²) in [6.45, 7) is 3.16. The zero-order chi connectivity index (χ0) is 14.7. The number of amides is 1. The van der Waals surface area contributed by atoms with Crippen LogP contribution in [0.1, 0.15) is 28.8 Å². The van der Waals surface area contributed by atoms with Gasteiger partial charge in [-0.05, 0) is 43.5 Å². The van der Waals surface area contributed by atoms with E-state index in [1.54, 1.807) is 7.11 Å². The first-order valence-corrected chi connectivity index (χ1v) is 7.65. The number of nitrogens with zero attached hydrogens (tertiary/aromatic N) is 1. The van der Waals surface area contributed by atoms with Crippen molar-refractivity contribution < 1.29 is 9.53 Å². The van der Waals surface area contributed by atoms with Crippen molar-refractivity contribution in [3.8, 4) is 0 Å². The number of halogens is 1. The van der Waals surface area contributed by atoms with Crippen molar-refractivity contribution in [3.05, 3.63) is 33.8 Å². The minimum absolute atomic E-state index is 0.0550. The van der Waals surface area contributed by atoms with Gasteiger partial charge < -0.3 is 15.4 Å². The third kappa shape index (κ3) is 3.40. The molecule has 1 fully saturated rings. The molecule has 0 saturated carbocycles. The van der Waals surface area contributed by atoms with Crippen LogP contribution < -0.4 is 5.73 Å². The van der Waals surface area contributed by atoms with Gasteiger partial charge in [0, 0.05) is 36.3 Å². The van der Waals surface area contributed by atoms with Gasteiger partial charge in [0.1, 0.15) is 0 Å². The Morgan fingerprint density at radius 2 is 2.25 bits per heavy atom. The molecule has 2 unspecified atom stereocenters. The van der Waals surface area contributed by atoms with Crippen molar-refractivity contribution >= 4 is 21.8 Å². The molecule has 2 rings (SSSR count). The van der Waals surface area contributed by atoms with Gasteiger partial charge in [-0.15, -0.1) is 0 Å². The van der Waals surface area contributed by atoms with Gasteiger partial charge in [-0.2, -0.15) is 0 Å². The fraction of sp³-hybridized carbons (Fsp3) is 0.533. The van der Waals surface area contributed by atoms with Gasteiger partial charge in [0.25, 0.3) is 5.91 Å². The normalized spacial score (nSPS) is 22.9. The number of rotatable bonds is 3. The molecular formula is C15H21BrN2O2. The quantitative estimate of drug-likeness (QED) is 0.918. The molecule has 0 aliphatic carbocycles. The lowest BCUT2D eigenvalue weighted by molar-refractivity contribution is 0.0139. The van der Waals surface area contributed by atoms with Crippen molar-refractivity contribution in [2.75, 3.05) is 20.2 Å². The second kappa shape index (κ2) is 6.70. The van der Waals surface area contributed by atoms with Crippen molar-refractivity contribution in [2.24, 2.45) is 5.73 Å². The fourth-order valence-electron chi connectivity index (χ4n) is 2.74. The molecule has 2 N–H and O–H groups in total. The van der Waals surface area contributed by atoms with Gasteiger partial charge in [-0.1, -0.05) is 15.9 Å². The average Bonchev–Trinajstić information content (AvgIpc) is 2.44. The van der Waals surface area contributed by atoms with Crippen LogP contribution in [0.2, 0.25) is 0 Å². The summed E-state index contributed by atoms with van der Waals surface area (Å²) in [5, 5.41) is 0. The number of hydrogen-bond donors (Lipinski definition) is 1. The van der Waals surface area contributed by atoms with Gasteiger partial charge in [0.15, 0.2) is 0 Å². The van der Waals surface area contributed by atoms with E-state index in [9.17, 15) is 4.79 Å². The lowest BCUT2D eigenvalue weighted by Crippen LogP contribution is -2.51. The number of benzene rings is 1. The molecule has 110 valence electrons. The maximum absolute atomic E-state index is 12.7. The van der Waals surface area contributed by atoms with Crippen LogP contribution >= 0.6 is 15.9 Å². The molecule has 0 bridgehead atoms. The minimum Gasteiger partial charge on any atom is -0.381 e. The maximum atomic E-state index is 12.7. The van der Waals surface area contributed by atoms with E-state index in [0.717, 1.165) is 22.9 Å². The van der Waals surface area contributed by atoms with Gasteiger partial charge in [0.2, 0.25) is 0 Å². The monoisotopic (exact) mass is 340 g/mol. The minimum atomic E-state index is 0.0550. The number of ether oxygens (including phenoxy) is 1. The Labute approximate surface area is 128 Å². The van der Waals surface area contributed by atoms with Gasteiger partial charge in [-0.25, -0.2) is 0 Å². The summed E-state index contributed by atoms with van der Waals surface area (Å²) < 4.78 is 6.32. The van der Waals surface area contributed by atoms with E-state index in [0.29, 0.717) is 18.7 Å². The number of hydrogen-bond acceptors (Lipinski definition) is 3. The second-order valence-electron chi connectivity index (χ2n) is 5.29. The lowest BCUT2D eigenvalue weighted by Gasteiger charge is -2.38. The molecule has 1 aromatic rings. The molecule has 0 aromatic heterocycles. The van der Waals surface area contributed by atoms with E-state index < -0.39 is 0 Å². The number of piperidine rings is 1. The molecule has 1 aromatic carbocycles. The van der Waals surface area contributed by atoms with Crippen LogP contribution in [0.25, 0.3) is 0 Å². The summed E-state index contributed by atoms with van der Waals surface area (Å²) in [4.78, 5) is 14.6. The molecule has 1 saturated heterocycles. The van der Waals surface area contributed by atoms with Gasteiger partial charge >= 0.3 is 0 Å². The first kappa shape index (κ1) is 15.5. The van der Waals surface area contributed by atoms with Crippen LogP contribution in [0.3, 0.4) is 0 Å². The van der Waals surface area contributed by atoms with Gasteiger partial charge in [-0.3, -0.25) is 4.79 Å². The van der Waals surface area contributed by atoms with Crippen LogP contribution in [-0.4, -0.2) is 43.2 Å². The molecular weight excluding hydrogens is 320 g/mol. The summed E-state index contributed by atoms with van der Waals surface area (Å²) in [6, 6.07) is 5.84. The van der Waals surface area contributed by atoms with Crippen LogP contribution in [0.4, 0.5) is 0 Å². The number of nitrogens with two attached hydrogens (primary N) is 1. The molecule has 0 radical (unpaired) electrons. The van der Waals surface area contributed by atoms with E-state index >= 15 is 0 Å². The number of carbonyl (C=O) groups is 1. The zero-order valence-corrected chi connectivity index (χ0v) is 13.5. The Morgan fingerprint density at radius 3 is 2.85 bits per heavy atom. The first-order valence-electron chi connectivity index (χ1n) is 6.86. The molecule has 4 nitrogen and oxygen atoms in total. The number of aryl methyl sites for hydroxylation is 1. The third-order valence-corrected chi connectivity index (χ3v) is 4.28. The Bertz CT molecular complexity index is 473. The van der Waals surface area contributed by atoms with Crippen molar-refractivity contribution in [1.82, 2.24) is 4.90 Å². The smallest absolute Gasteiger partial charge is 0.254 e. The molecule has 1 amide bonds. The largest absolute Gasteiger partial charge is 0.381 e. The second-order valence-corrected chi connectivity index (χ2v) is 6.20. The van der Waals surface area contributed by atoms with Crippen LogP contribution in [-0.2, 0) is 4.74 Å². The highest BCUT2D eigenvalue weighted by Gasteiger charge is 2.31. The summed E-state index contributed by atoms with van der Waals surface area (Å²) in [7, 11) is 1.72. The molecule has 5 heteroatoms. The Hall–Kier alpha value is -0.910. The standard InChI is InChI=1S/C15H21BrN2O2/c1-10-5-11(7-12(16)6-10)15(19)18-4-3-14(20-2)8-13(18)9-17/h5-7,13-14H,3-4,8-9,17H2,1-2H3. The molecule has 2 atom stereocenters. The number of methoxy groups -OCH3 is 1. The van der Waals surface area contributed by atoms with Crippen LogP contribution in [0.5, 0.6) is 0 Å². The van der Waals surface area contributed by atoms with Crippen molar-refractivity contribution in [2.45, 2.75) is 31.9 Å². The number of carbonyl (C=O) groups excluding carboxylic acids is 1. The van der Waals surface area contributed by atoms with E-state index in [1.165, 1.54) is 0 Å². The molecule has 0 spiro atoms. The molecule has 20 heavy (non-hydrogen) atoms. The number of likely N-dealkylation sites (tertiary alicyclic amines) is 1. The SMILES string of the molecule is COC1CCN(C(=O)c2cc(C)cc(Br)c2)C(CN)C1. The highest BCUT2D eigenvalue weighted by atomic mass is 79.9. The maximum Gasteiger partial charge on any atom is 0.254 e. The highest BCUT2D eigenvalue weighted by Crippen LogP contribution is 2.23. The average molecular weight is 341 g/mol. The molecule has 1 heterocycles. The predicted molar refractivity (Wildman–Crippen MR) is 82.8 cm³/mol. The zero-order valence-electron chi connectivity index (χ0n) is 11.9. The topological polar surface area (TPSA) is 55.6 Å². The summed E-state index contributed by atoms with van der Waals surface area (Å²) in [5.41, 5.74) is 7.61. The van der Waals surface area contributed by atoms with E-state index in [-0.39, 0.29) is 18.1 Å². The fourth-order valence-corrected chi connectivity index (χ4v) is 3.35. The Morgan fingerprint density at radius 1 is 1.50 bits per heavy atom. The summed E-state index contributed by atoms with van der Waals surface area (Å²) >= 11 is 3.44. The van der Waals surface area contributed by atoms with Gasteiger partial charge in [0.05, 0.1) is 6.10 Å².